The Morgan fingerprint density at radius 3 is 2.06 bits per heavy atom. The molecule has 0 unspecified atom stereocenters. The molecule has 0 aliphatic rings. The average Bonchev–Trinajstić information content (AvgIpc) is 2.19. The van der Waals surface area contributed by atoms with Gasteiger partial charge < -0.3 is 5.73 Å². The van der Waals surface area contributed by atoms with Crippen LogP contribution in [0, 0.1) is 12.3 Å². The lowest BCUT2D eigenvalue weighted by Gasteiger charge is -2.07. The van der Waals surface area contributed by atoms with Crippen LogP contribution < -0.4 is 5.73 Å². The Morgan fingerprint density at radius 2 is 1.56 bits per heavy atom. The first-order valence-corrected chi connectivity index (χ1v) is 5.48. The predicted molar refractivity (Wildman–Crippen MR) is 69.7 cm³/mol. The van der Waals surface area contributed by atoms with Crippen LogP contribution in [-0.4, -0.2) is 5.84 Å². The summed E-state index contributed by atoms with van der Waals surface area (Å²) in [5.74, 6) is 0.0606. The van der Waals surface area contributed by atoms with Crippen LogP contribution in [0.5, 0.6) is 0 Å². The molecule has 0 heterocycles. The number of benzene rings is 2. The second-order valence-electron chi connectivity index (χ2n) is 3.69. The predicted octanol–water partition coefficient (Wildman–Crippen LogP) is 3.74. The maximum Gasteiger partial charge on any atom is 0.123 e. The van der Waals surface area contributed by atoms with Crippen molar-refractivity contribution in [3.05, 3.63) is 45.4 Å². The Kier molecular flexibility index (Phi) is 2.78. The molecule has 0 saturated heterocycles. The number of rotatable bonds is 1. The number of fused-ring (bicyclic) bond motifs is 1. The van der Waals surface area contributed by atoms with E-state index in [2.05, 4.69) is 0 Å². The molecule has 0 amide bonds. The summed E-state index contributed by atoms with van der Waals surface area (Å²) in [5.41, 5.74) is 7.18. The number of halogens is 2. The van der Waals surface area contributed by atoms with Gasteiger partial charge in [0.25, 0.3) is 0 Å². The van der Waals surface area contributed by atoms with E-state index in [1.807, 2.05) is 25.1 Å². The normalized spacial score (nSPS) is 10.7. The summed E-state index contributed by atoms with van der Waals surface area (Å²) in [4.78, 5) is 0. The zero-order valence-corrected chi connectivity index (χ0v) is 10.2. The lowest BCUT2D eigenvalue weighted by atomic mass is 10.0. The van der Waals surface area contributed by atoms with Crippen LogP contribution in [0.3, 0.4) is 0 Å². The molecule has 0 saturated carbocycles. The van der Waals surface area contributed by atoms with Crippen molar-refractivity contribution in [2.24, 2.45) is 5.73 Å². The van der Waals surface area contributed by atoms with Crippen molar-refractivity contribution in [2.45, 2.75) is 6.92 Å². The lowest BCUT2D eigenvalue weighted by Crippen LogP contribution is -2.12. The first-order valence-electron chi connectivity index (χ1n) is 4.73. The Morgan fingerprint density at radius 1 is 1.06 bits per heavy atom. The van der Waals surface area contributed by atoms with E-state index in [-0.39, 0.29) is 5.84 Å². The smallest absolute Gasteiger partial charge is 0.123 e. The quantitative estimate of drug-likeness (QED) is 0.590. The van der Waals surface area contributed by atoms with Gasteiger partial charge in [-0.15, -0.1) is 0 Å². The van der Waals surface area contributed by atoms with Crippen molar-refractivity contribution < 1.29 is 0 Å². The molecule has 0 aliphatic carbocycles. The van der Waals surface area contributed by atoms with Gasteiger partial charge >= 0.3 is 0 Å². The summed E-state index contributed by atoms with van der Waals surface area (Å²) in [6.45, 7) is 1.92. The molecule has 0 aromatic heterocycles. The van der Waals surface area contributed by atoms with E-state index < -0.39 is 0 Å². The molecule has 2 rings (SSSR count). The van der Waals surface area contributed by atoms with Crippen LogP contribution in [0.25, 0.3) is 10.8 Å². The number of hydrogen-bond acceptors (Lipinski definition) is 1. The molecule has 0 spiro atoms. The summed E-state index contributed by atoms with van der Waals surface area (Å²) >= 11 is 11.9. The Labute approximate surface area is 103 Å². The minimum Gasteiger partial charge on any atom is -0.384 e. The first-order chi connectivity index (χ1) is 7.49. The van der Waals surface area contributed by atoms with E-state index in [0.717, 1.165) is 21.9 Å². The van der Waals surface area contributed by atoms with E-state index >= 15 is 0 Å². The topological polar surface area (TPSA) is 49.9 Å². The monoisotopic (exact) mass is 252 g/mol. The van der Waals surface area contributed by atoms with Crippen LogP contribution in [0.4, 0.5) is 0 Å². The van der Waals surface area contributed by atoms with Crippen molar-refractivity contribution in [1.29, 1.82) is 5.41 Å². The molecule has 0 atom stereocenters. The molecule has 0 aliphatic heterocycles. The molecular weight excluding hydrogens is 243 g/mol. The molecule has 2 nitrogen and oxygen atoms in total. The van der Waals surface area contributed by atoms with Gasteiger partial charge in [-0.2, -0.15) is 0 Å². The summed E-state index contributed by atoms with van der Waals surface area (Å²) < 4.78 is 0. The molecule has 82 valence electrons. The molecule has 0 fully saturated rings. The number of nitrogens with one attached hydrogen (secondary N) is 1. The lowest BCUT2D eigenvalue weighted by molar-refractivity contribution is 1.38. The summed E-state index contributed by atoms with van der Waals surface area (Å²) in [5, 5.41) is 10.4. The van der Waals surface area contributed by atoms with Gasteiger partial charge in [0.05, 0.1) is 10.0 Å². The van der Waals surface area contributed by atoms with E-state index in [1.165, 1.54) is 0 Å². The number of hydrogen-bond donors (Lipinski definition) is 2. The van der Waals surface area contributed by atoms with Crippen LogP contribution in [0.15, 0.2) is 24.3 Å². The molecule has 2 aromatic carbocycles. The fourth-order valence-corrected chi connectivity index (χ4v) is 2.04. The highest BCUT2D eigenvalue weighted by Crippen LogP contribution is 2.29. The van der Waals surface area contributed by atoms with Crippen LogP contribution in [-0.2, 0) is 0 Å². The molecule has 16 heavy (non-hydrogen) atoms. The second kappa shape index (κ2) is 3.96. The van der Waals surface area contributed by atoms with Crippen molar-refractivity contribution >= 4 is 39.8 Å². The molecule has 0 bridgehead atoms. The van der Waals surface area contributed by atoms with E-state index in [1.54, 1.807) is 6.07 Å². The number of nitrogens with two attached hydrogens (primary N) is 1. The van der Waals surface area contributed by atoms with Crippen molar-refractivity contribution in [3.8, 4) is 0 Å². The highest BCUT2D eigenvalue weighted by molar-refractivity contribution is 6.42. The average molecular weight is 253 g/mol. The van der Waals surface area contributed by atoms with Crippen LogP contribution in [0.2, 0.25) is 10.0 Å². The van der Waals surface area contributed by atoms with Gasteiger partial charge in [0.2, 0.25) is 0 Å². The third-order valence-corrected chi connectivity index (χ3v) is 3.23. The van der Waals surface area contributed by atoms with E-state index in [4.69, 9.17) is 34.3 Å². The molecule has 2 aromatic rings. The first kappa shape index (κ1) is 11.2. The van der Waals surface area contributed by atoms with Crippen molar-refractivity contribution in [2.75, 3.05) is 0 Å². The zero-order chi connectivity index (χ0) is 11.9. The molecular formula is C12H10Cl2N2. The second-order valence-corrected chi connectivity index (χ2v) is 4.51. The van der Waals surface area contributed by atoms with Crippen LogP contribution >= 0.6 is 23.2 Å². The van der Waals surface area contributed by atoms with Gasteiger partial charge in [-0.3, -0.25) is 5.41 Å². The summed E-state index contributed by atoms with van der Waals surface area (Å²) in [6.07, 6.45) is 0. The fourth-order valence-electron chi connectivity index (χ4n) is 1.70. The maximum atomic E-state index is 7.47. The highest BCUT2D eigenvalue weighted by atomic mass is 35.5. The van der Waals surface area contributed by atoms with Crippen LogP contribution in [0.1, 0.15) is 11.1 Å². The number of aryl methyl sites for hydroxylation is 1. The van der Waals surface area contributed by atoms with Gasteiger partial charge in [0.1, 0.15) is 5.84 Å². The Balaban J connectivity index is 2.79. The Hall–Kier alpha value is -1.25. The van der Waals surface area contributed by atoms with Gasteiger partial charge in [-0.1, -0.05) is 29.3 Å². The maximum absolute atomic E-state index is 7.47. The van der Waals surface area contributed by atoms with E-state index in [0.29, 0.717) is 10.0 Å². The largest absolute Gasteiger partial charge is 0.384 e. The highest BCUT2D eigenvalue weighted by Gasteiger charge is 2.06. The van der Waals surface area contributed by atoms with Crippen molar-refractivity contribution in [1.82, 2.24) is 0 Å². The standard InChI is InChI=1S/C12H10Cl2N2/c1-6-2-7-4-10(13)11(14)5-8(7)3-9(6)12(15)16/h2-5H,1H3,(H3,15,16). The number of amidine groups is 1. The minimum absolute atomic E-state index is 0.0606. The Bertz CT molecular complexity index is 591. The molecule has 4 heteroatoms. The third kappa shape index (κ3) is 1.86. The van der Waals surface area contributed by atoms with Gasteiger partial charge in [0.15, 0.2) is 0 Å². The zero-order valence-electron chi connectivity index (χ0n) is 8.64. The molecule has 3 N–H and O–H groups in total. The minimum atomic E-state index is 0.0606. The van der Waals surface area contributed by atoms with E-state index in [9.17, 15) is 0 Å². The summed E-state index contributed by atoms with van der Waals surface area (Å²) in [7, 11) is 0. The SMILES string of the molecule is Cc1cc2cc(Cl)c(Cl)cc2cc1C(=N)N. The van der Waals surface area contributed by atoms with Gasteiger partial charge in [-0.05, 0) is 41.5 Å². The summed E-state index contributed by atoms with van der Waals surface area (Å²) in [6, 6.07) is 7.41. The number of nitrogen functional groups attached to an aromatic ring is 1. The van der Waals surface area contributed by atoms with Crippen molar-refractivity contribution in [3.63, 3.8) is 0 Å². The fraction of sp³-hybridized carbons (Fsp3) is 0.0833. The molecule has 0 radical (unpaired) electrons. The third-order valence-electron chi connectivity index (χ3n) is 2.51. The van der Waals surface area contributed by atoms with Gasteiger partial charge in [-0.25, -0.2) is 0 Å². The van der Waals surface area contributed by atoms with Gasteiger partial charge in [0, 0.05) is 5.56 Å².